The summed E-state index contributed by atoms with van der Waals surface area (Å²) in [6.07, 6.45) is 4.06. The summed E-state index contributed by atoms with van der Waals surface area (Å²) in [6, 6.07) is 5.89. The predicted octanol–water partition coefficient (Wildman–Crippen LogP) is 4.16. The van der Waals surface area contributed by atoms with Crippen molar-refractivity contribution in [2.75, 3.05) is 6.54 Å². The number of carbonyl (C=O) groups is 2. The highest BCUT2D eigenvalue weighted by Crippen LogP contribution is 2.30. The molecule has 140 valence electrons. The molecule has 0 aliphatic heterocycles. The third-order valence-electron chi connectivity index (χ3n) is 4.83. The number of amides is 1. The number of aldehydes is 1. The van der Waals surface area contributed by atoms with Crippen molar-refractivity contribution in [3.63, 3.8) is 0 Å². The molecule has 0 saturated carbocycles. The van der Waals surface area contributed by atoms with E-state index in [0.717, 1.165) is 11.7 Å². The molecule has 0 N–H and O–H groups in total. The van der Waals surface area contributed by atoms with Gasteiger partial charge in [-0.25, -0.2) is 4.39 Å². The number of pyridine rings is 1. The van der Waals surface area contributed by atoms with Gasteiger partial charge >= 0.3 is 0 Å². The lowest BCUT2D eigenvalue weighted by Gasteiger charge is -2.26. The summed E-state index contributed by atoms with van der Waals surface area (Å²) in [5.41, 5.74) is 2.70. The van der Waals surface area contributed by atoms with Crippen LogP contribution >= 0.6 is 0 Å². The molecule has 1 aromatic carbocycles. The number of halogens is 1. The highest BCUT2D eigenvalue weighted by Gasteiger charge is 2.24. The van der Waals surface area contributed by atoms with Crippen LogP contribution in [0, 0.1) is 12.7 Å². The molecule has 5 nitrogen and oxygen atoms in total. The van der Waals surface area contributed by atoms with E-state index in [-0.39, 0.29) is 17.5 Å². The first-order chi connectivity index (χ1) is 12.9. The van der Waals surface area contributed by atoms with Crippen molar-refractivity contribution in [1.29, 1.82) is 0 Å². The van der Waals surface area contributed by atoms with Gasteiger partial charge in [0.25, 0.3) is 5.91 Å². The highest BCUT2D eigenvalue weighted by molar-refractivity contribution is 6.02. The van der Waals surface area contributed by atoms with Gasteiger partial charge in [-0.1, -0.05) is 0 Å². The van der Waals surface area contributed by atoms with Crippen LogP contribution in [0.25, 0.3) is 16.6 Å². The Morgan fingerprint density at radius 3 is 2.70 bits per heavy atom. The minimum Gasteiger partial charge on any atom is -0.336 e. The summed E-state index contributed by atoms with van der Waals surface area (Å²) in [5.74, 6) is -0.732. The molecule has 0 spiro atoms. The van der Waals surface area contributed by atoms with Crippen molar-refractivity contribution in [3.8, 4) is 5.69 Å². The first-order valence-electron chi connectivity index (χ1n) is 8.91. The van der Waals surface area contributed by atoms with Crippen LogP contribution in [0.4, 0.5) is 4.39 Å². The lowest BCUT2D eigenvalue weighted by Crippen LogP contribution is -2.37. The largest absolute Gasteiger partial charge is 0.336 e. The third-order valence-corrected chi connectivity index (χ3v) is 4.83. The van der Waals surface area contributed by atoms with Gasteiger partial charge in [-0.15, -0.1) is 0 Å². The smallest absolute Gasteiger partial charge is 0.256 e. The van der Waals surface area contributed by atoms with E-state index in [4.69, 9.17) is 0 Å². The summed E-state index contributed by atoms with van der Waals surface area (Å²) in [6.45, 7) is 8.05. The third kappa shape index (κ3) is 3.12. The molecule has 3 rings (SSSR count). The fraction of sp³-hybridized carbons (Fsp3) is 0.286. The van der Waals surface area contributed by atoms with Crippen LogP contribution in [0.2, 0.25) is 0 Å². The lowest BCUT2D eigenvalue weighted by atomic mass is 10.1. The van der Waals surface area contributed by atoms with E-state index in [1.165, 1.54) is 12.1 Å². The van der Waals surface area contributed by atoms with Crippen molar-refractivity contribution in [2.45, 2.75) is 33.7 Å². The molecule has 2 aromatic heterocycles. The Morgan fingerprint density at radius 2 is 2.07 bits per heavy atom. The summed E-state index contributed by atoms with van der Waals surface area (Å²) < 4.78 is 15.8. The number of fused-ring (bicyclic) bond motifs is 1. The molecular weight excluding hydrogens is 345 g/mol. The maximum Gasteiger partial charge on any atom is 0.256 e. The number of hydrogen-bond acceptors (Lipinski definition) is 3. The number of benzene rings is 1. The molecule has 3 aromatic rings. The van der Waals surface area contributed by atoms with Gasteiger partial charge in [-0.3, -0.25) is 14.6 Å². The van der Waals surface area contributed by atoms with Crippen molar-refractivity contribution < 1.29 is 14.0 Å². The molecule has 6 heteroatoms. The van der Waals surface area contributed by atoms with Gasteiger partial charge in [0.1, 0.15) is 5.82 Å². The van der Waals surface area contributed by atoms with Gasteiger partial charge in [0, 0.05) is 35.4 Å². The highest BCUT2D eigenvalue weighted by atomic mass is 19.1. The average Bonchev–Trinajstić information content (AvgIpc) is 2.93. The minimum absolute atomic E-state index is 0.0201. The van der Waals surface area contributed by atoms with Gasteiger partial charge in [0.15, 0.2) is 6.29 Å². The van der Waals surface area contributed by atoms with E-state index in [2.05, 4.69) is 4.98 Å². The number of carbonyl (C=O) groups excluding carboxylic acids is 2. The normalized spacial score (nSPS) is 11.2. The molecule has 0 aliphatic carbocycles. The maximum absolute atomic E-state index is 14.0. The molecule has 0 aliphatic rings. The molecule has 27 heavy (non-hydrogen) atoms. The zero-order valence-corrected chi connectivity index (χ0v) is 15.9. The van der Waals surface area contributed by atoms with E-state index in [1.807, 2.05) is 20.8 Å². The molecule has 0 radical (unpaired) electrons. The Kier molecular flexibility index (Phi) is 5.08. The van der Waals surface area contributed by atoms with E-state index in [9.17, 15) is 14.0 Å². The van der Waals surface area contributed by atoms with Crippen LogP contribution in [-0.4, -0.2) is 39.2 Å². The summed E-state index contributed by atoms with van der Waals surface area (Å²) >= 11 is 0. The molecule has 0 unspecified atom stereocenters. The molecule has 0 saturated heterocycles. The van der Waals surface area contributed by atoms with Gasteiger partial charge in [-0.2, -0.15) is 0 Å². The Hall–Kier alpha value is -3.02. The first-order valence-corrected chi connectivity index (χ1v) is 8.91. The summed E-state index contributed by atoms with van der Waals surface area (Å²) in [5, 5.41) is 0.747. The average molecular weight is 367 g/mol. The van der Waals surface area contributed by atoms with Gasteiger partial charge in [-0.05, 0) is 52.0 Å². The number of hydrogen-bond donors (Lipinski definition) is 0. The monoisotopic (exact) mass is 367 g/mol. The second kappa shape index (κ2) is 7.31. The summed E-state index contributed by atoms with van der Waals surface area (Å²) in [4.78, 5) is 30.6. The Morgan fingerprint density at radius 1 is 1.33 bits per heavy atom. The Labute approximate surface area is 157 Å². The fourth-order valence-electron chi connectivity index (χ4n) is 3.52. The summed E-state index contributed by atoms with van der Waals surface area (Å²) in [7, 11) is 0. The van der Waals surface area contributed by atoms with Crippen molar-refractivity contribution >= 4 is 23.1 Å². The predicted molar refractivity (Wildman–Crippen MR) is 103 cm³/mol. The molecular formula is C21H22FN3O2. The molecule has 1 amide bonds. The second-order valence-corrected chi connectivity index (χ2v) is 6.69. The SMILES string of the molecule is CCN(C(=O)c1cc(F)ccc1-n1c(C)c(C=O)c2ccncc21)C(C)C. The van der Waals surface area contributed by atoms with Crippen LogP contribution in [0.5, 0.6) is 0 Å². The fourth-order valence-corrected chi connectivity index (χ4v) is 3.52. The van der Waals surface area contributed by atoms with Crippen LogP contribution in [-0.2, 0) is 0 Å². The topological polar surface area (TPSA) is 55.2 Å². The minimum atomic E-state index is -0.482. The van der Waals surface area contributed by atoms with Crippen LogP contribution in [0.15, 0.2) is 36.7 Å². The Balaban J connectivity index is 2.32. The van der Waals surface area contributed by atoms with Crippen LogP contribution < -0.4 is 0 Å². The zero-order valence-electron chi connectivity index (χ0n) is 15.9. The quantitative estimate of drug-likeness (QED) is 0.637. The standard InChI is InChI=1S/C21H22FN3O2/c1-5-24(13(2)3)21(27)17-10-15(22)6-7-19(17)25-14(4)18(12-26)16-8-9-23-11-20(16)25/h6-13H,5H2,1-4H3. The lowest BCUT2D eigenvalue weighted by molar-refractivity contribution is 0.0716. The van der Waals surface area contributed by atoms with Crippen molar-refractivity contribution in [2.24, 2.45) is 0 Å². The second-order valence-electron chi connectivity index (χ2n) is 6.69. The Bertz CT molecular complexity index is 1020. The molecule has 2 heterocycles. The maximum atomic E-state index is 14.0. The number of nitrogens with zero attached hydrogens (tertiary/aromatic N) is 3. The first kappa shape index (κ1) is 18.8. The van der Waals surface area contributed by atoms with Crippen molar-refractivity contribution in [3.05, 3.63) is 59.3 Å². The van der Waals surface area contributed by atoms with E-state index < -0.39 is 5.82 Å². The van der Waals surface area contributed by atoms with E-state index >= 15 is 0 Å². The van der Waals surface area contributed by atoms with Gasteiger partial charge in [0.05, 0.1) is 23.0 Å². The molecule has 0 bridgehead atoms. The van der Waals surface area contributed by atoms with E-state index in [0.29, 0.717) is 29.0 Å². The zero-order chi connectivity index (χ0) is 19.7. The van der Waals surface area contributed by atoms with Crippen molar-refractivity contribution in [1.82, 2.24) is 14.5 Å². The molecule has 0 fully saturated rings. The van der Waals surface area contributed by atoms with E-state index in [1.54, 1.807) is 40.9 Å². The number of aromatic nitrogens is 2. The van der Waals surface area contributed by atoms with Crippen LogP contribution in [0.3, 0.4) is 0 Å². The van der Waals surface area contributed by atoms with Gasteiger partial charge in [0.2, 0.25) is 0 Å². The van der Waals surface area contributed by atoms with Gasteiger partial charge < -0.3 is 9.47 Å². The van der Waals surface area contributed by atoms with Crippen LogP contribution in [0.1, 0.15) is 47.2 Å². The molecule has 0 atom stereocenters. The number of rotatable bonds is 5.